The van der Waals surface area contributed by atoms with Crippen LogP contribution >= 0.6 is 22.7 Å². The van der Waals surface area contributed by atoms with Gasteiger partial charge in [-0.1, -0.05) is 26.8 Å². The average Bonchev–Trinajstić information content (AvgIpc) is 3.54. The molecule has 0 bridgehead atoms. The summed E-state index contributed by atoms with van der Waals surface area (Å²) in [5, 5.41) is 22.0. The molecule has 3 aromatic rings. The van der Waals surface area contributed by atoms with Gasteiger partial charge in [-0.15, -0.1) is 22.7 Å². The van der Waals surface area contributed by atoms with Gasteiger partial charge >= 0.3 is 6.18 Å². The normalized spacial score (nSPS) is 21.8. The maximum Gasteiger partial charge on any atom is 0.410 e. The molecule has 190 valence electrons. The van der Waals surface area contributed by atoms with E-state index in [0.29, 0.717) is 16.5 Å². The minimum absolute atomic E-state index is 0.124. The molecule has 1 aliphatic heterocycles. The van der Waals surface area contributed by atoms with E-state index in [1.807, 2.05) is 5.38 Å². The summed E-state index contributed by atoms with van der Waals surface area (Å²) in [6, 6.07) is 4.79. The van der Waals surface area contributed by atoms with E-state index >= 15 is 0 Å². The highest BCUT2D eigenvalue weighted by Gasteiger charge is 2.47. The van der Waals surface area contributed by atoms with Crippen molar-refractivity contribution in [1.29, 1.82) is 5.26 Å². The van der Waals surface area contributed by atoms with Crippen molar-refractivity contribution in [3.63, 3.8) is 0 Å². The summed E-state index contributed by atoms with van der Waals surface area (Å²) >= 11 is 2.77. The Kier molecular flexibility index (Phi) is 6.16. The molecule has 3 aromatic heterocycles. The van der Waals surface area contributed by atoms with Crippen molar-refractivity contribution in [2.24, 2.45) is 11.3 Å². The lowest BCUT2D eigenvalue weighted by Crippen LogP contribution is -2.35. The van der Waals surface area contributed by atoms with Gasteiger partial charge in [0.2, 0.25) is 0 Å². The zero-order valence-corrected chi connectivity index (χ0v) is 21.7. The smallest absolute Gasteiger partial charge is 0.363 e. The van der Waals surface area contributed by atoms with Crippen LogP contribution in [0, 0.1) is 22.7 Å². The molecule has 36 heavy (non-hydrogen) atoms. The van der Waals surface area contributed by atoms with E-state index in [1.54, 1.807) is 12.1 Å². The van der Waals surface area contributed by atoms with E-state index < -0.39 is 24.2 Å². The Bertz CT molecular complexity index is 1330. The lowest BCUT2D eigenvalue weighted by Gasteiger charge is -2.33. The molecule has 6 nitrogen and oxygen atoms in total. The zero-order valence-electron chi connectivity index (χ0n) is 20.1. The number of nitrogens with one attached hydrogen (secondary N) is 2. The van der Waals surface area contributed by atoms with Crippen molar-refractivity contribution >= 4 is 39.4 Å². The first-order valence-corrected chi connectivity index (χ1v) is 13.5. The minimum atomic E-state index is -4.52. The molecule has 2 N–H and O–H groups in total. The number of hydrogen-bond donors (Lipinski definition) is 2. The van der Waals surface area contributed by atoms with Crippen molar-refractivity contribution in [3.8, 4) is 6.07 Å². The lowest BCUT2D eigenvalue weighted by atomic mass is 9.72. The van der Waals surface area contributed by atoms with E-state index in [0.717, 1.165) is 39.3 Å². The molecule has 1 aliphatic carbocycles. The van der Waals surface area contributed by atoms with Crippen LogP contribution in [0.4, 0.5) is 24.0 Å². The first-order valence-electron chi connectivity index (χ1n) is 11.8. The van der Waals surface area contributed by atoms with Gasteiger partial charge in [0, 0.05) is 22.2 Å². The molecule has 11 heteroatoms. The van der Waals surface area contributed by atoms with Crippen molar-refractivity contribution in [2.45, 2.75) is 64.7 Å². The molecule has 0 unspecified atom stereocenters. The summed E-state index contributed by atoms with van der Waals surface area (Å²) in [6.45, 7) is 6.61. The molecule has 0 aromatic carbocycles. The minimum Gasteiger partial charge on any atom is -0.363 e. The Morgan fingerprint density at radius 2 is 2.11 bits per heavy atom. The second-order valence-electron chi connectivity index (χ2n) is 10.4. The summed E-state index contributed by atoms with van der Waals surface area (Å²) in [5.74, 6) is -0.0128. The number of anilines is 2. The number of fused-ring (bicyclic) bond motifs is 2. The van der Waals surface area contributed by atoms with Crippen LogP contribution in [0.3, 0.4) is 0 Å². The number of rotatable bonds is 3. The quantitative estimate of drug-likeness (QED) is 0.382. The highest BCUT2D eigenvalue weighted by Crippen LogP contribution is 2.46. The number of thiophene rings is 2. The summed E-state index contributed by atoms with van der Waals surface area (Å²) in [7, 11) is 0. The van der Waals surface area contributed by atoms with Crippen molar-refractivity contribution < 1.29 is 18.0 Å². The predicted molar refractivity (Wildman–Crippen MR) is 135 cm³/mol. The van der Waals surface area contributed by atoms with Gasteiger partial charge in [0.05, 0.1) is 11.6 Å². The van der Waals surface area contributed by atoms with Gasteiger partial charge in [-0.25, -0.2) is 4.68 Å². The Morgan fingerprint density at radius 1 is 1.33 bits per heavy atom. The number of nitrogens with zero attached hydrogens (tertiary/aromatic N) is 3. The molecule has 4 heterocycles. The molecule has 0 fully saturated rings. The summed E-state index contributed by atoms with van der Waals surface area (Å²) in [5.41, 5.74) is 1.43. The highest BCUT2D eigenvalue weighted by molar-refractivity contribution is 7.16. The van der Waals surface area contributed by atoms with Crippen LogP contribution < -0.4 is 10.6 Å². The summed E-state index contributed by atoms with van der Waals surface area (Å²) in [6.07, 6.45) is -2.15. The molecule has 2 aliphatic rings. The second-order valence-corrected chi connectivity index (χ2v) is 12.5. The van der Waals surface area contributed by atoms with Crippen LogP contribution in [0.15, 0.2) is 23.6 Å². The molecule has 0 radical (unpaired) electrons. The van der Waals surface area contributed by atoms with Gasteiger partial charge in [0.25, 0.3) is 5.91 Å². The number of amides is 1. The van der Waals surface area contributed by atoms with Crippen LogP contribution in [0.2, 0.25) is 0 Å². The third-order valence-electron chi connectivity index (χ3n) is 7.14. The van der Waals surface area contributed by atoms with Crippen molar-refractivity contribution in [2.75, 3.05) is 10.6 Å². The Hall–Kier alpha value is -2.84. The first kappa shape index (κ1) is 24.8. The van der Waals surface area contributed by atoms with Gasteiger partial charge in [-0.3, -0.25) is 4.79 Å². The molecular weight excluding hydrogens is 507 g/mol. The fourth-order valence-electron chi connectivity index (χ4n) is 5.06. The standard InChI is InChI=1S/C25H26F3N5OS2/c1-24(2,3)13-6-7-14-15(12-29)23(36-19(14)9-13)31-22(34)17-11-21-30-16(18-5-4-8-35-18)10-20(25(26,27)28)33(21)32-17/h4-5,8,11,13,16,20,30H,6-7,9-10H2,1-3H3,(H,31,34)/t13-,16+,20-/m0/s1. The average molecular weight is 534 g/mol. The van der Waals surface area contributed by atoms with Crippen LogP contribution in [0.25, 0.3) is 0 Å². The van der Waals surface area contributed by atoms with Crippen LogP contribution in [0.5, 0.6) is 0 Å². The fraction of sp³-hybridized carbons (Fsp3) is 0.480. The number of alkyl halides is 3. The van der Waals surface area contributed by atoms with E-state index in [9.17, 15) is 23.2 Å². The van der Waals surface area contributed by atoms with Gasteiger partial charge in [-0.2, -0.15) is 23.5 Å². The maximum absolute atomic E-state index is 13.9. The van der Waals surface area contributed by atoms with Gasteiger partial charge < -0.3 is 10.6 Å². The SMILES string of the molecule is CC(C)(C)[C@H]1CCc2c(sc(NC(=O)c3cc4n(n3)[C@H](C(F)(F)F)C[C@H](c3cccs3)N4)c2C#N)C1. The number of nitriles is 1. The zero-order chi connectivity index (χ0) is 25.8. The topological polar surface area (TPSA) is 82.7 Å². The molecule has 0 saturated heterocycles. The Balaban J connectivity index is 1.42. The van der Waals surface area contributed by atoms with Crippen molar-refractivity contribution in [3.05, 3.63) is 50.2 Å². The molecular formula is C25H26F3N5OS2. The first-order chi connectivity index (χ1) is 17.0. The number of hydrogen-bond acceptors (Lipinski definition) is 6. The molecule has 1 amide bonds. The third-order valence-corrected chi connectivity index (χ3v) is 9.29. The van der Waals surface area contributed by atoms with Gasteiger partial charge in [0.15, 0.2) is 11.7 Å². The summed E-state index contributed by atoms with van der Waals surface area (Å²) in [4.78, 5) is 15.0. The highest BCUT2D eigenvalue weighted by atomic mass is 32.1. The molecule has 0 spiro atoms. The second kappa shape index (κ2) is 8.92. The number of carbonyl (C=O) groups is 1. The van der Waals surface area contributed by atoms with E-state index in [-0.39, 0.29) is 23.3 Å². The maximum atomic E-state index is 13.9. The number of aromatic nitrogens is 2. The molecule has 0 saturated carbocycles. The third kappa shape index (κ3) is 4.52. The van der Waals surface area contributed by atoms with E-state index in [1.165, 1.54) is 28.7 Å². The lowest BCUT2D eigenvalue weighted by molar-refractivity contribution is -0.173. The fourth-order valence-corrected chi connectivity index (χ4v) is 7.12. The van der Waals surface area contributed by atoms with Crippen molar-refractivity contribution in [1.82, 2.24) is 9.78 Å². The van der Waals surface area contributed by atoms with Crippen LogP contribution in [0.1, 0.15) is 77.1 Å². The van der Waals surface area contributed by atoms with Crippen LogP contribution in [-0.2, 0) is 12.8 Å². The van der Waals surface area contributed by atoms with E-state index in [2.05, 4.69) is 42.6 Å². The monoisotopic (exact) mass is 533 g/mol. The Morgan fingerprint density at radius 3 is 2.75 bits per heavy atom. The van der Waals surface area contributed by atoms with Gasteiger partial charge in [-0.05, 0) is 47.6 Å². The molecule has 5 rings (SSSR count). The predicted octanol–water partition coefficient (Wildman–Crippen LogP) is 6.94. The van der Waals surface area contributed by atoms with E-state index in [4.69, 9.17) is 0 Å². The molecule has 3 atom stereocenters. The number of carbonyl (C=O) groups excluding carboxylic acids is 1. The number of halogens is 3. The van der Waals surface area contributed by atoms with Gasteiger partial charge in [0.1, 0.15) is 16.9 Å². The summed E-state index contributed by atoms with van der Waals surface area (Å²) < 4.78 is 42.6. The largest absolute Gasteiger partial charge is 0.410 e. The van der Waals surface area contributed by atoms with Crippen LogP contribution in [-0.4, -0.2) is 21.9 Å². The Labute approximate surface area is 215 Å².